The number of rotatable bonds is 36. The lowest BCUT2D eigenvalue weighted by Gasteiger charge is -2.63. The highest BCUT2D eigenvalue weighted by Gasteiger charge is 2.66. The van der Waals surface area contributed by atoms with Gasteiger partial charge < -0.3 is 75.4 Å². The van der Waals surface area contributed by atoms with Crippen molar-refractivity contribution in [3.05, 3.63) is 0 Å². The van der Waals surface area contributed by atoms with E-state index in [9.17, 15) is 58.8 Å². The molecule has 10 N–H and O–H groups in total. The molecule has 12 atom stereocenters. The highest BCUT2D eigenvalue weighted by Crippen LogP contribution is 2.68. The topological polar surface area (TPSA) is 354 Å². The zero-order valence-corrected chi connectivity index (χ0v) is 44.9. The Morgan fingerprint density at radius 3 is 1.89 bits per heavy atom. The molecule has 0 spiro atoms. The van der Waals surface area contributed by atoms with Crippen LogP contribution in [0.4, 0.5) is 0 Å². The molecule has 0 aliphatic heterocycles. The number of ether oxygens (including phenoxy) is 6. The number of hydrogen-bond acceptors (Lipinski definition) is 17. The first-order valence-corrected chi connectivity index (χ1v) is 26.7. The maximum absolute atomic E-state index is 12.6. The molecule has 0 aromatic carbocycles. The molecule has 0 radical (unpaired) electrons. The van der Waals surface area contributed by atoms with Gasteiger partial charge in [0.05, 0.1) is 71.0 Å². The summed E-state index contributed by atoms with van der Waals surface area (Å²) in [7, 11) is 2.81. The van der Waals surface area contributed by atoms with E-state index in [0.29, 0.717) is 25.7 Å². The van der Waals surface area contributed by atoms with E-state index in [0.717, 1.165) is 25.7 Å². The van der Waals surface area contributed by atoms with Gasteiger partial charge in [-0.05, 0) is 104 Å². The Labute approximate surface area is 444 Å². The standard InChI is InChI=1S/C51H86N6O19/c1-31(6-13-46(66)67)34-7-8-35-48-36(26-39(59)51(34,35)3)50(2)15-14-33(24-32(50)25-38(48)58)76-57-42(62)12-11-40(60)52-16-18-72-20-22-74-29-44(64)53-17-19-73-21-23-75-30-45(65)56-37(49(68)69)9-10-41(61)54-27-43(63)55-28-47(70-4)71-5/h31-39,47-48,58-59H,6-30H2,1-5H3,(H,52,60)(H,53,64)(H,54,61)(H,55,63)(H,56,65)(H,57,62)(H,66,67)(H,68,69)/t31-,32+,33+,34-,35?,36+,37+,38-,39+,48+,50+,51-/m1/s1. The number of aliphatic hydroxyl groups is 2. The summed E-state index contributed by atoms with van der Waals surface area (Å²) in [5.41, 5.74) is 2.07. The molecule has 4 fully saturated rings. The molecular weight excluding hydrogens is 1000 g/mol. The molecule has 0 aromatic rings. The predicted molar refractivity (Wildman–Crippen MR) is 268 cm³/mol. The monoisotopic (exact) mass is 1090 g/mol. The van der Waals surface area contributed by atoms with E-state index in [1.54, 1.807) is 0 Å². The third-order valence-electron chi connectivity index (χ3n) is 16.3. The lowest BCUT2D eigenvalue weighted by atomic mass is 9.43. The molecule has 4 aliphatic rings. The average Bonchev–Trinajstić information content (AvgIpc) is 3.75. The van der Waals surface area contributed by atoms with Crippen LogP contribution in [0, 0.1) is 46.3 Å². The Morgan fingerprint density at radius 1 is 0.632 bits per heavy atom. The van der Waals surface area contributed by atoms with Gasteiger partial charge in [0.15, 0.2) is 6.29 Å². The third-order valence-corrected chi connectivity index (χ3v) is 16.3. The van der Waals surface area contributed by atoms with Crippen molar-refractivity contribution in [2.75, 3.05) is 93.3 Å². The zero-order chi connectivity index (χ0) is 55.8. The molecule has 4 rings (SSSR count). The first-order chi connectivity index (χ1) is 36.2. The lowest BCUT2D eigenvalue weighted by molar-refractivity contribution is -0.212. The predicted octanol–water partition coefficient (Wildman–Crippen LogP) is -0.216. The molecule has 0 heterocycles. The molecule has 4 saturated carbocycles. The van der Waals surface area contributed by atoms with E-state index >= 15 is 0 Å². The van der Waals surface area contributed by atoms with E-state index in [1.165, 1.54) is 14.2 Å². The Morgan fingerprint density at radius 2 is 1.25 bits per heavy atom. The minimum Gasteiger partial charge on any atom is -0.481 e. The maximum Gasteiger partial charge on any atom is 0.326 e. The number of aliphatic hydroxyl groups excluding tert-OH is 2. The maximum atomic E-state index is 12.6. The fraction of sp³-hybridized carbons (Fsp3) is 0.843. The van der Waals surface area contributed by atoms with Crippen molar-refractivity contribution in [1.82, 2.24) is 32.1 Å². The Kier molecular flexibility index (Phi) is 27.2. The van der Waals surface area contributed by atoms with Crippen LogP contribution < -0.4 is 32.1 Å². The number of carboxylic acid groups (broad SMARTS) is 2. The van der Waals surface area contributed by atoms with Crippen molar-refractivity contribution >= 4 is 47.4 Å². The summed E-state index contributed by atoms with van der Waals surface area (Å²) in [6.45, 7) is 6.75. The first kappa shape index (κ1) is 63.9. The molecule has 0 saturated heterocycles. The number of carboxylic acids is 2. The van der Waals surface area contributed by atoms with E-state index < -0.39 is 66.7 Å². The molecule has 0 bridgehead atoms. The van der Waals surface area contributed by atoms with E-state index in [1.807, 2.05) is 0 Å². The molecule has 0 aromatic heterocycles. The minimum absolute atomic E-state index is 0.00747. The fourth-order valence-electron chi connectivity index (χ4n) is 12.2. The number of hydrogen-bond donors (Lipinski definition) is 10. The van der Waals surface area contributed by atoms with Crippen LogP contribution in [-0.4, -0.2) is 192 Å². The van der Waals surface area contributed by atoms with Crippen LogP contribution in [-0.2, 0) is 71.6 Å². The second-order valence-electron chi connectivity index (χ2n) is 21.1. The van der Waals surface area contributed by atoms with Gasteiger partial charge >= 0.3 is 11.9 Å². The highest BCUT2D eigenvalue weighted by atomic mass is 16.7. The van der Waals surface area contributed by atoms with Crippen molar-refractivity contribution < 1.29 is 92.0 Å². The fourth-order valence-corrected chi connectivity index (χ4v) is 12.2. The van der Waals surface area contributed by atoms with Crippen molar-refractivity contribution in [3.8, 4) is 0 Å². The first-order valence-electron chi connectivity index (χ1n) is 26.7. The summed E-state index contributed by atoms with van der Waals surface area (Å²) in [6, 6.07) is -1.36. The number of carbonyl (C=O) groups excluding carboxylic acids is 6. The normalized spacial score (nSPS) is 27.4. The minimum atomic E-state index is -1.36. The molecular formula is C51H86N6O19. The van der Waals surface area contributed by atoms with Crippen LogP contribution in [0.1, 0.15) is 104 Å². The second kappa shape index (κ2) is 32.3. The van der Waals surface area contributed by atoms with Gasteiger partial charge in [-0.1, -0.05) is 20.8 Å². The molecule has 1 unspecified atom stereocenters. The molecule has 6 amide bonds. The van der Waals surface area contributed by atoms with Crippen molar-refractivity contribution in [2.24, 2.45) is 46.3 Å². The van der Waals surface area contributed by atoms with Crippen LogP contribution >= 0.6 is 0 Å². The van der Waals surface area contributed by atoms with Crippen molar-refractivity contribution in [3.63, 3.8) is 0 Å². The second-order valence-corrected chi connectivity index (χ2v) is 21.1. The Hall–Kier alpha value is -4.60. The molecule has 434 valence electrons. The van der Waals surface area contributed by atoms with Crippen molar-refractivity contribution in [2.45, 2.75) is 135 Å². The van der Waals surface area contributed by atoms with Gasteiger partial charge in [0.1, 0.15) is 19.3 Å². The average molecular weight is 1090 g/mol. The summed E-state index contributed by atoms with van der Waals surface area (Å²) in [4.78, 5) is 102. The zero-order valence-electron chi connectivity index (χ0n) is 44.9. The summed E-state index contributed by atoms with van der Waals surface area (Å²) in [5, 5.41) is 54.7. The summed E-state index contributed by atoms with van der Waals surface area (Å²) >= 11 is 0. The number of nitrogens with one attached hydrogen (secondary N) is 6. The smallest absolute Gasteiger partial charge is 0.326 e. The third kappa shape index (κ3) is 19.7. The van der Waals surface area contributed by atoms with Crippen LogP contribution in [0.3, 0.4) is 0 Å². The number of amides is 6. The van der Waals surface area contributed by atoms with Gasteiger partial charge in [0.2, 0.25) is 35.4 Å². The van der Waals surface area contributed by atoms with E-state index in [4.69, 9.17) is 33.3 Å². The number of hydroxylamine groups is 1. The summed E-state index contributed by atoms with van der Waals surface area (Å²) in [5.74, 6) is -4.15. The van der Waals surface area contributed by atoms with Crippen LogP contribution in [0.2, 0.25) is 0 Å². The van der Waals surface area contributed by atoms with E-state index in [-0.39, 0.29) is 169 Å². The van der Waals surface area contributed by atoms with Gasteiger partial charge in [0.25, 0.3) is 0 Å². The number of aliphatic carboxylic acids is 2. The highest BCUT2D eigenvalue weighted by molar-refractivity contribution is 5.87. The largest absolute Gasteiger partial charge is 0.481 e. The number of methoxy groups -OCH3 is 2. The van der Waals surface area contributed by atoms with Crippen LogP contribution in [0.15, 0.2) is 0 Å². The Balaban J connectivity index is 0.952. The molecule has 25 heteroatoms. The van der Waals surface area contributed by atoms with Gasteiger partial charge in [-0.3, -0.25) is 38.4 Å². The molecule has 25 nitrogen and oxygen atoms in total. The summed E-state index contributed by atoms with van der Waals surface area (Å²) in [6.07, 6.45) is 3.48. The van der Waals surface area contributed by atoms with Crippen molar-refractivity contribution in [1.29, 1.82) is 0 Å². The van der Waals surface area contributed by atoms with Gasteiger partial charge in [-0.15, -0.1) is 0 Å². The number of fused-ring (bicyclic) bond motifs is 5. The SMILES string of the molecule is COC(CNC(=O)CNC(=O)CC[C@H](NC(=O)COCCOCCNC(=O)COCCOCCNC(=O)CCC(=O)NO[C@H]1CC[C@@]2(C)[C@@H](C1)C[C@@H](O)[C@H]1C3CC[C@H]([C@H](C)CCC(=O)O)[C@@]3(C)[C@@H](O)C[C@@H]12)C(=O)O)OC. The summed E-state index contributed by atoms with van der Waals surface area (Å²) < 4.78 is 31.2. The quantitative estimate of drug-likeness (QED) is 0.0220. The molecule has 76 heavy (non-hydrogen) atoms. The Bertz CT molecular complexity index is 1900. The van der Waals surface area contributed by atoms with E-state index in [2.05, 4.69) is 52.8 Å². The van der Waals surface area contributed by atoms with Gasteiger partial charge in [-0.25, -0.2) is 10.3 Å². The number of carbonyl (C=O) groups is 8. The van der Waals surface area contributed by atoms with Crippen LogP contribution in [0.5, 0.6) is 0 Å². The molecule has 4 aliphatic carbocycles. The lowest BCUT2D eigenvalue weighted by Crippen LogP contribution is -2.62. The van der Waals surface area contributed by atoms with Gasteiger partial charge in [-0.2, -0.15) is 0 Å². The van der Waals surface area contributed by atoms with Gasteiger partial charge in [0, 0.05) is 53.0 Å². The van der Waals surface area contributed by atoms with Crippen LogP contribution in [0.25, 0.3) is 0 Å².